The van der Waals surface area contributed by atoms with E-state index in [0.717, 1.165) is 0 Å². The molecule has 0 radical (unpaired) electrons. The number of hydrogen-bond donors (Lipinski definition) is 2. The van der Waals surface area contributed by atoms with Crippen LogP contribution in [0.1, 0.15) is 10.4 Å². The van der Waals surface area contributed by atoms with E-state index in [9.17, 15) is 19.7 Å². The van der Waals surface area contributed by atoms with Gasteiger partial charge in [0.05, 0.1) is 4.92 Å². The summed E-state index contributed by atoms with van der Waals surface area (Å²) in [4.78, 5) is 35.9. The zero-order valence-electron chi connectivity index (χ0n) is 9.62. The maximum Gasteiger partial charge on any atom is 0.282 e. The SMILES string of the molecule is O=C(Nc1ccc[nH]c1=O)c1ccccc1[N+](=O)[O-]. The van der Waals surface area contributed by atoms with Crippen LogP contribution in [0, 0.1) is 10.1 Å². The first-order chi connectivity index (χ1) is 9.09. The van der Waals surface area contributed by atoms with Gasteiger partial charge in [0.15, 0.2) is 0 Å². The van der Waals surface area contributed by atoms with Crippen molar-refractivity contribution in [3.8, 4) is 0 Å². The Morgan fingerprint density at radius 1 is 1.21 bits per heavy atom. The van der Waals surface area contributed by atoms with E-state index in [4.69, 9.17) is 0 Å². The van der Waals surface area contributed by atoms with Crippen LogP contribution in [0.4, 0.5) is 11.4 Å². The Kier molecular flexibility index (Phi) is 3.37. The number of carbonyl (C=O) groups is 1. The fraction of sp³-hybridized carbons (Fsp3) is 0. The summed E-state index contributed by atoms with van der Waals surface area (Å²) in [6.07, 6.45) is 1.42. The molecule has 0 aliphatic rings. The van der Waals surface area contributed by atoms with Gasteiger partial charge in [-0.3, -0.25) is 19.7 Å². The molecule has 0 saturated heterocycles. The molecule has 0 atom stereocenters. The van der Waals surface area contributed by atoms with Gasteiger partial charge in [0, 0.05) is 12.3 Å². The minimum atomic E-state index is -0.705. The second-order valence-electron chi connectivity index (χ2n) is 3.64. The Hall–Kier alpha value is -2.96. The Morgan fingerprint density at radius 2 is 1.95 bits per heavy atom. The third kappa shape index (κ3) is 2.65. The molecule has 2 N–H and O–H groups in total. The maximum atomic E-state index is 11.9. The number of hydrogen-bond acceptors (Lipinski definition) is 4. The lowest BCUT2D eigenvalue weighted by molar-refractivity contribution is -0.385. The Balaban J connectivity index is 2.34. The fourth-order valence-corrected chi connectivity index (χ4v) is 1.53. The van der Waals surface area contributed by atoms with E-state index in [2.05, 4.69) is 10.3 Å². The molecule has 0 unspecified atom stereocenters. The second kappa shape index (κ2) is 5.13. The molecule has 2 aromatic rings. The number of nitro benzene ring substituents is 1. The number of nitrogens with zero attached hydrogens (tertiary/aromatic N) is 1. The molecule has 7 heteroatoms. The number of aromatic amines is 1. The van der Waals surface area contributed by atoms with Crippen molar-refractivity contribution >= 4 is 17.3 Å². The first-order valence-electron chi connectivity index (χ1n) is 5.32. The topological polar surface area (TPSA) is 105 Å². The van der Waals surface area contributed by atoms with Crippen molar-refractivity contribution in [2.75, 3.05) is 5.32 Å². The van der Waals surface area contributed by atoms with Crippen LogP contribution >= 0.6 is 0 Å². The number of nitrogens with one attached hydrogen (secondary N) is 2. The number of benzene rings is 1. The standard InChI is InChI=1S/C12H9N3O4/c16-11(14-9-5-3-7-13-12(9)17)8-4-1-2-6-10(8)15(18)19/h1-7H,(H,13,17)(H,14,16). The molecule has 0 bridgehead atoms. The molecule has 96 valence electrons. The molecule has 0 aliphatic heterocycles. The lowest BCUT2D eigenvalue weighted by Gasteiger charge is -2.04. The summed E-state index contributed by atoms with van der Waals surface area (Å²) in [6.45, 7) is 0. The van der Waals surface area contributed by atoms with Gasteiger partial charge < -0.3 is 10.3 Å². The smallest absolute Gasteiger partial charge is 0.282 e. The highest BCUT2D eigenvalue weighted by molar-refractivity contribution is 6.06. The van der Waals surface area contributed by atoms with E-state index in [1.165, 1.54) is 42.6 Å². The first-order valence-corrected chi connectivity index (χ1v) is 5.32. The van der Waals surface area contributed by atoms with Crippen LogP contribution < -0.4 is 10.9 Å². The van der Waals surface area contributed by atoms with Crippen LogP contribution in [-0.4, -0.2) is 15.8 Å². The molecule has 1 aromatic heterocycles. The number of H-pyrrole nitrogens is 1. The number of aromatic nitrogens is 1. The summed E-state index contributed by atoms with van der Waals surface area (Å²) < 4.78 is 0. The quantitative estimate of drug-likeness (QED) is 0.644. The zero-order chi connectivity index (χ0) is 13.8. The third-order valence-electron chi connectivity index (χ3n) is 2.41. The van der Waals surface area contributed by atoms with E-state index in [1.54, 1.807) is 0 Å². The van der Waals surface area contributed by atoms with Crippen molar-refractivity contribution in [1.29, 1.82) is 0 Å². The van der Waals surface area contributed by atoms with E-state index < -0.39 is 16.4 Å². The Bertz CT molecular complexity index is 693. The van der Waals surface area contributed by atoms with Gasteiger partial charge >= 0.3 is 0 Å². The largest absolute Gasteiger partial charge is 0.327 e. The summed E-state index contributed by atoms with van der Waals surface area (Å²) >= 11 is 0. The third-order valence-corrected chi connectivity index (χ3v) is 2.41. The van der Waals surface area contributed by atoms with Crippen LogP contribution in [0.3, 0.4) is 0 Å². The van der Waals surface area contributed by atoms with Crippen LogP contribution in [0.2, 0.25) is 0 Å². The average Bonchev–Trinajstić information content (AvgIpc) is 2.41. The monoisotopic (exact) mass is 259 g/mol. The Labute approximate surface area is 107 Å². The number of para-hydroxylation sites is 1. The van der Waals surface area contributed by atoms with E-state index in [1.807, 2.05) is 0 Å². The van der Waals surface area contributed by atoms with Crippen molar-refractivity contribution in [1.82, 2.24) is 4.98 Å². The van der Waals surface area contributed by atoms with Gasteiger partial charge in [-0.1, -0.05) is 12.1 Å². The highest BCUT2D eigenvalue weighted by Crippen LogP contribution is 2.18. The summed E-state index contributed by atoms with van der Waals surface area (Å²) in [6, 6.07) is 8.47. The average molecular weight is 259 g/mol. The zero-order valence-corrected chi connectivity index (χ0v) is 9.62. The molecule has 1 heterocycles. The summed E-state index contributed by atoms with van der Waals surface area (Å²) in [7, 11) is 0. The molecule has 1 amide bonds. The van der Waals surface area contributed by atoms with Gasteiger partial charge in [-0.05, 0) is 18.2 Å². The van der Waals surface area contributed by atoms with Crippen molar-refractivity contribution in [2.45, 2.75) is 0 Å². The predicted molar refractivity (Wildman–Crippen MR) is 68.1 cm³/mol. The van der Waals surface area contributed by atoms with E-state index >= 15 is 0 Å². The predicted octanol–water partition coefficient (Wildman–Crippen LogP) is 1.54. The van der Waals surface area contributed by atoms with Crippen LogP contribution in [-0.2, 0) is 0 Å². The van der Waals surface area contributed by atoms with E-state index in [-0.39, 0.29) is 16.9 Å². The first kappa shape index (κ1) is 12.5. The van der Waals surface area contributed by atoms with E-state index in [0.29, 0.717) is 0 Å². The fourth-order valence-electron chi connectivity index (χ4n) is 1.53. The lowest BCUT2D eigenvalue weighted by Crippen LogP contribution is -2.20. The maximum absolute atomic E-state index is 11.9. The number of nitro groups is 1. The summed E-state index contributed by atoms with van der Waals surface area (Å²) in [5.74, 6) is -0.705. The van der Waals surface area contributed by atoms with Crippen molar-refractivity contribution < 1.29 is 9.72 Å². The summed E-state index contributed by atoms with van der Waals surface area (Å²) in [5, 5.41) is 13.1. The molecule has 0 saturated carbocycles. The molecule has 2 rings (SSSR count). The summed E-state index contributed by atoms with van der Waals surface area (Å²) in [5.41, 5.74) is -0.858. The second-order valence-corrected chi connectivity index (χ2v) is 3.64. The molecular weight excluding hydrogens is 250 g/mol. The number of amides is 1. The number of anilines is 1. The molecule has 1 aromatic carbocycles. The van der Waals surface area contributed by atoms with Crippen LogP contribution in [0.15, 0.2) is 47.4 Å². The normalized spacial score (nSPS) is 9.89. The molecular formula is C12H9N3O4. The molecule has 0 fully saturated rings. The number of pyridine rings is 1. The van der Waals surface area contributed by atoms with Crippen molar-refractivity contribution in [2.24, 2.45) is 0 Å². The van der Waals surface area contributed by atoms with Gasteiger partial charge in [0.2, 0.25) is 0 Å². The van der Waals surface area contributed by atoms with Gasteiger partial charge in [-0.25, -0.2) is 0 Å². The molecule has 0 spiro atoms. The molecule has 0 aliphatic carbocycles. The minimum absolute atomic E-state index is 0.0330. The number of carbonyl (C=O) groups excluding carboxylic acids is 1. The highest BCUT2D eigenvalue weighted by Gasteiger charge is 2.19. The molecule has 19 heavy (non-hydrogen) atoms. The van der Waals surface area contributed by atoms with Crippen LogP contribution in [0.25, 0.3) is 0 Å². The van der Waals surface area contributed by atoms with Crippen LogP contribution in [0.5, 0.6) is 0 Å². The minimum Gasteiger partial charge on any atom is -0.327 e. The number of rotatable bonds is 3. The highest BCUT2D eigenvalue weighted by atomic mass is 16.6. The van der Waals surface area contributed by atoms with Crippen molar-refractivity contribution in [3.05, 3.63) is 68.6 Å². The molecule has 7 nitrogen and oxygen atoms in total. The van der Waals surface area contributed by atoms with Gasteiger partial charge in [-0.2, -0.15) is 0 Å². The van der Waals surface area contributed by atoms with Gasteiger partial charge in [-0.15, -0.1) is 0 Å². The van der Waals surface area contributed by atoms with Gasteiger partial charge in [0.25, 0.3) is 17.2 Å². The van der Waals surface area contributed by atoms with Crippen molar-refractivity contribution in [3.63, 3.8) is 0 Å². The lowest BCUT2D eigenvalue weighted by atomic mass is 10.1. The Morgan fingerprint density at radius 3 is 2.63 bits per heavy atom. The van der Waals surface area contributed by atoms with Gasteiger partial charge in [0.1, 0.15) is 11.3 Å².